The van der Waals surface area contributed by atoms with E-state index in [1.54, 1.807) is 43.3 Å². The fourth-order valence-electron chi connectivity index (χ4n) is 2.44. The summed E-state index contributed by atoms with van der Waals surface area (Å²) in [6.45, 7) is 2.75. The van der Waals surface area contributed by atoms with Crippen molar-refractivity contribution in [2.24, 2.45) is 0 Å². The lowest BCUT2D eigenvalue weighted by atomic mass is 10.1. The van der Waals surface area contributed by atoms with Crippen LogP contribution in [0.1, 0.15) is 35.7 Å². The number of carbonyl (C=O) groups excluding carboxylic acids is 4. The van der Waals surface area contributed by atoms with Crippen molar-refractivity contribution >= 4 is 62.5 Å². The highest BCUT2D eigenvalue weighted by Gasteiger charge is 2.13. The second-order valence-corrected chi connectivity index (χ2v) is 7.74. The second kappa shape index (κ2) is 10.9. The van der Waals surface area contributed by atoms with Crippen molar-refractivity contribution in [1.29, 1.82) is 0 Å². The first-order chi connectivity index (χ1) is 14.2. The lowest BCUT2D eigenvalue weighted by molar-refractivity contribution is -0.147. The van der Waals surface area contributed by atoms with Crippen LogP contribution in [0.25, 0.3) is 0 Å². The van der Waals surface area contributed by atoms with Gasteiger partial charge in [0.25, 0.3) is 5.91 Å². The number of halogens is 2. The van der Waals surface area contributed by atoms with Crippen LogP contribution in [0, 0.1) is 6.92 Å². The van der Waals surface area contributed by atoms with E-state index in [4.69, 9.17) is 16.3 Å². The molecule has 0 atom stereocenters. The van der Waals surface area contributed by atoms with Gasteiger partial charge in [-0.3, -0.25) is 19.2 Å². The van der Waals surface area contributed by atoms with E-state index in [2.05, 4.69) is 26.6 Å². The van der Waals surface area contributed by atoms with Gasteiger partial charge in [-0.2, -0.15) is 0 Å². The average Bonchev–Trinajstić information content (AvgIpc) is 2.69. The minimum Gasteiger partial charge on any atom is -0.456 e. The van der Waals surface area contributed by atoms with E-state index >= 15 is 0 Å². The highest BCUT2D eigenvalue weighted by atomic mass is 79.9. The van der Waals surface area contributed by atoms with Crippen molar-refractivity contribution in [3.05, 3.63) is 57.0 Å². The molecule has 9 heteroatoms. The summed E-state index contributed by atoms with van der Waals surface area (Å²) in [6.07, 6.45) is -0.305. The maximum Gasteiger partial charge on any atom is 0.306 e. The van der Waals surface area contributed by atoms with E-state index < -0.39 is 24.4 Å². The smallest absolute Gasteiger partial charge is 0.306 e. The van der Waals surface area contributed by atoms with Crippen LogP contribution in [0.15, 0.2) is 40.9 Å². The topological polar surface area (TPSA) is 102 Å². The Hall–Kier alpha value is -2.71. The minimum absolute atomic E-state index is 0.117. The number of esters is 1. The molecule has 0 spiro atoms. The number of hydrogen-bond donors (Lipinski definition) is 2. The third-order valence-corrected chi connectivity index (χ3v) is 5.21. The molecule has 0 bridgehead atoms. The number of nitrogens with one attached hydrogen (secondary N) is 2. The summed E-state index contributed by atoms with van der Waals surface area (Å²) in [5.41, 5.74) is 2.23. The number of hydrogen-bond acceptors (Lipinski definition) is 5. The zero-order valence-electron chi connectivity index (χ0n) is 16.4. The Balaban J connectivity index is 1.76. The van der Waals surface area contributed by atoms with Crippen molar-refractivity contribution in [2.75, 3.05) is 17.2 Å². The lowest BCUT2D eigenvalue weighted by Crippen LogP contribution is -2.22. The lowest BCUT2D eigenvalue weighted by Gasteiger charge is -2.10. The Morgan fingerprint density at radius 2 is 1.77 bits per heavy atom. The van der Waals surface area contributed by atoms with Crippen LogP contribution in [0.4, 0.5) is 11.4 Å². The van der Waals surface area contributed by atoms with E-state index in [0.717, 1.165) is 5.56 Å². The number of benzene rings is 2. The van der Waals surface area contributed by atoms with Gasteiger partial charge in [-0.25, -0.2) is 0 Å². The van der Waals surface area contributed by atoms with E-state index in [-0.39, 0.29) is 18.6 Å². The van der Waals surface area contributed by atoms with Crippen LogP contribution in [0.5, 0.6) is 0 Å². The Labute approximate surface area is 187 Å². The standard InChI is InChI=1S/C21H20BrClN2O5/c1-12-8-16(22)17(23)10-18(12)25-20(28)11-30-21(29)7-6-19(27)24-15-5-3-4-14(9-15)13(2)26/h3-5,8-10H,6-7,11H2,1-2H3,(H,24,27)(H,25,28). The Morgan fingerprint density at radius 1 is 1.03 bits per heavy atom. The third-order valence-electron chi connectivity index (χ3n) is 4.01. The van der Waals surface area contributed by atoms with E-state index in [0.29, 0.717) is 26.4 Å². The van der Waals surface area contributed by atoms with Gasteiger partial charge in [0.15, 0.2) is 12.4 Å². The molecule has 0 aliphatic heterocycles. The van der Waals surface area contributed by atoms with Crippen LogP contribution in [0.2, 0.25) is 5.02 Å². The first-order valence-electron chi connectivity index (χ1n) is 8.97. The molecule has 2 amide bonds. The van der Waals surface area contributed by atoms with Gasteiger partial charge in [0.2, 0.25) is 5.91 Å². The number of aryl methyl sites for hydroxylation is 1. The van der Waals surface area contributed by atoms with E-state index in [1.165, 1.54) is 6.92 Å². The molecule has 2 rings (SSSR count). The summed E-state index contributed by atoms with van der Waals surface area (Å²) in [4.78, 5) is 47.1. The molecule has 0 aromatic heterocycles. The van der Waals surface area contributed by atoms with Gasteiger partial charge in [-0.15, -0.1) is 0 Å². The Bertz CT molecular complexity index is 993. The van der Waals surface area contributed by atoms with Crippen molar-refractivity contribution in [3.63, 3.8) is 0 Å². The third kappa shape index (κ3) is 7.27. The summed E-state index contributed by atoms with van der Waals surface area (Å²) >= 11 is 9.31. The predicted octanol–water partition coefficient (Wildman–Crippen LogP) is 4.51. The number of ketones is 1. The maximum absolute atomic E-state index is 12.0. The van der Waals surface area contributed by atoms with Crippen LogP contribution in [-0.2, 0) is 19.1 Å². The number of amides is 2. The van der Waals surface area contributed by atoms with Crippen LogP contribution in [0.3, 0.4) is 0 Å². The molecular formula is C21H20BrClN2O5. The molecule has 2 N–H and O–H groups in total. The van der Waals surface area contributed by atoms with Crippen LogP contribution in [-0.4, -0.2) is 30.2 Å². The fourth-order valence-corrected chi connectivity index (χ4v) is 3.06. The second-order valence-electron chi connectivity index (χ2n) is 6.48. The molecule has 158 valence electrons. The number of anilines is 2. The SMILES string of the molecule is CC(=O)c1cccc(NC(=O)CCC(=O)OCC(=O)Nc2cc(Cl)c(Br)cc2C)c1. The molecule has 7 nitrogen and oxygen atoms in total. The molecule has 2 aromatic carbocycles. The Kier molecular flexibility index (Phi) is 8.56. The zero-order valence-corrected chi connectivity index (χ0v) is 18.7. The summed E-state index contributed by atoms with van der Waals surface area (Å²) < 4.78 is 5.61. The normalized spacial score (nSPS) is 10.3. The molecule has 0 fully saturated rings. The molecule has 0 saturated heterocycles. The quantitative estimate of drug-likeness (QED) is 0.414. The van der Waals surface area contributed by atoms with E-state index in [9.17, 15) is 19.2 Å². The summed E-state index contributed by atoms with van der Waals surface area (Å²) in [6, 6.07) is 9.84. The molecule has 0 aliphatic carbocycles. The van der Waals surface area contributed by atoms with Crippen LogP contribution < -0.4 is 10.6 Å². The predicted molar refractivity (Wildman–Crippen MR) is 118 cm³/mol. The maximum atomic E-state index is 12.0. The molecule has 0 unspecified atom stereocenters. The largest absolute Gasteiger partial charge is 0.456 e. The number of rotatable bonds is 8. The number of ether oxygens (including phenoxy) is 1. The molecule has 0 radical (unpaired) electrons. The number of Topliss-reactive ketones (excluding diaryl/α,β-unsaturated/α-hetero) is 1. The minimum atomic E-state index is -0.677. The van der Waals surface area contributed by atoms with Gasteiger partial charge in [0, 0.05) is 27.8 Å². The number of carbonyl (C=O) groups is 4. The first kappa shape index (κ1) is 23.6. The average molecular weight is 496 g/mol. The summed E-state index contributed by atoms with van der Waals surface area (Å²) in [5.74, 6) is -1.72. The monoisotopic (exact) mass is 494 g/mol. The molecule has 0 aliphatic rings. The van der Waals surface area contributed by atoms with Gasteiger partial charge in [0.05, 0.1) is 11.4 Å². The van der Waals surface area contributed by atoms with Crippen molar-refractivity contribution in [2.45, 2.75) is 26.7 Å². The molecule has 30 heavy (non-hydrogen) atoms. The van der Waals surface area contributed by atoms with E-state index in [1.807, 2.05) is 0 Å². The van der Waals surface area contributed by atoms with Gasteiger partial charge in [-0.1, -0.05) is 23.7 Å². The zero-order chi connectivity index (χ0) is 22.3. The first-order valence-corrected chi connectivity index (χ1v) is 10.1. The summed E-state index contributed by atoms with van der Waals surface area (Å²) in [7, 11) is 0. The highest BCUT2D eigenvalue weighted by Crippen LogP contribution is 2.28. The van der Waals surface area contributed by atoms with Crippen molar-refractivity contribution in [1.82, 2.24) is 0 Å². The van der Waals surface area contributed by atoms with Crippen molar-refractivity contribution in [3.8, 4) is 0 Å². The van der Waals surface area contributed by atoms with Gasteiger partial charge < -0.3 is 15.4 Å². The van der Waals surface area contributed by atoms with Crippen LogP contribution >= 0.6 is 27.5 Å². The molecule has 0 saturated carbocycles. The Morgan fingerprint density at radius 3 is 2.47 bits per heavy atom. The molecule has 2 aromatic rings. The van der Waals surface area contributed by atoms with Crippen molar-refractivity contribution < 1.29 is 23.9 Å². The van der Waals surface area contributed by atoms with Gasteiger partial charge in [0.1, 0.15) is 0 Å². The summed E-state index contributed by atoms with van der Waals surface area (Å²) in [5, 5.41) is 5.67. The molecular weight excluding hydrogens is 476 g/mol. The molecule has 0 heterocycles. The highest BCUT2D eigenvalue weighted by molar-refractivity contribution is 9.10. The fraction of sp³-hybridized carbons (Fsp3) is 0.238. The van der Waals surface area contributed by atoms with Gasteiger partial charge >= 0.3 is 5.97 Å². The van der Waals surface area contributed by atoms with Gasteiger partial charge in [-0.05, 0) is 59.6 Å².